The molecule has 1 fully saturated rings. The summed E-state index contributed by atoms with van der Waals surface area (Å²) in [5.41, 5.74) is 3.15. The smallest absolute Gasteiger partial charge is 0.252 e. The predicted octanol–water partition coefficient (Wildman–Crippen LogP) is 2.88. The maximum absolute atomic E-state index is 12.3. The van der Waals surface area contributed by atoms with E-state index in [1.807, 2.05) is 41.1 Å². The Morgan fingerprint density at radius 3 is 2.46 bits per heavy atom. The van der Waals surface area contributed by atoms with Crippen molar-refractivity contribution in [2.45, 2.75) is 13.0 Å². The number of hydrogen-bond donors (Lipinski definition) is 1. The normalized spacial score (nSPS) is 15.7. The molecule has 2 aromatic heterocycles. The molecule has 1 N–H and O–H groups in total. The highest BCUT2D eigenvalue weighted by atomic mass is 16.1. The highest BCUT2D eigenvalue weighted by molar-refractivity contribution is 5.95. The van der Waals surface area contributed by atoms with Crippen LogP contribution in [0.25, 0.3) is 5.52 Å². The molecule has 0 spiro atoms. The summed E-state index contributed by atoms with van der Waals surface area (Å²) in [7, 11) is 0. The number of rotatable bonds is 7. The van der Waals surface area contributed by atoms with Gasteiger partial charge in [-0.25, -0.2) is 0 Å². The Bertz CT molecular complexity index is 864. The quantitative estimate of drug-likeness (QED) is 0.645. The molecule has 1 aliphatic rings. The van der Waals surface area contributed by atoms with Crippen molar-refractivity contribution in [2.75, 3.05) is 39.3 Å². The Morgan fingerprint density at radius 1 is 0.929 bits per heavy atom. The van der Waals surface area contributed by atoms with Gasteiger partial charge in [-0.2, -0.15) is 0 Å². The summed E-state index contributed by atoms with van der Waals surface area (Å²) in [6, 6.07) is 18.6. The van der Waals surface area contributed by atoms with Gasteiger partial charge in [0.15, 0.2) is 0 Å². The van der Waals surface area contributed by atoms with E-state index in [0.29, 0.717) is 0 Å². The van der Waals surface area contributed by atoms with Crippen LogP contribution in [-0.2, 0) is 6.54 Å². The minimum absolute atomic E-state index is 0.0105. The first kappa shape index (κ1) is 18.7. The van der Waals surface area contributed by atoms with E-state index in [9.17, 15) is 4.79 Å². The molecule has 28 heavy (non-hydrogen) atoms. The number of hydrogen-bond acceptors (Lipinski definition) is 3. The van der Waals surface area contributed by atoms with E-state index in [1.54, 1.807) is 0 Å². The van der Waals surface area contributed by atoms with Crippen molar-refractivity contribution < 1.29 is 4.79 Å². The van der Waals surface area contributed by atoms with Gasteiger partial charge in [-0.05, 0) is 36.7 Å². The zero-order valence-electron chi connectivity index (χ0n) is 16.3. The summed E-state index contributed by atoms with van der Waals surface area (Å²) in [4.78, 5) is 17.4. The van der Waals surface area contributed by atoms with Crippen LogP contribution in [0.4, 0.5) is 0 Å². The first-order valence-electron chi connectivity index (χ1n) is 10.1. The third-order valence-electron chi connectivity index (χ3n) is 5.42. The number of amides is 1. The summed E-state index contributed by atoms with van der Waals surface area (Å²) < 4.78 is 1.98. The van der Waals surface area contributed by atoms with E-state index in [-0.39, 0.29) is 5.91 Å². The second kappa shape index (κ2) is 9.04. The lowest BCUT2D eigenvalue weighted by Gasteiger charge is -2.34. The fourth-order valence-electron chi connectivity index (χ4n) is 3.80. The predicted molar refractivity (Wildman–Crippen MR) is 113 cm³/mol. The molecule has 1 saturated heterocycles. The number of benzene rings is 1. The molecule has 5 heteroatoms. The molecular formula is C23H28N4O. The molecule has 0 radical (unpaired) electrons. The van der Waals surface area contributed by atoms with Gasteiger partial charge in [0, 0.05) is 57.2 Å². The molecule has 0 aliphatic carbocycles. The van der Waals surface area contributed by atoms with Gasteiger partial charge >= 0.3 is 0 Å². The number of piperazine rings is 1. The van der Waals surface area contributed by atoms with Crippen LogP contribution in [0, 0.1) is 0 Å². The van der Waals surface area contributed by atoms with E-state index in [4.69, 9.17) is 0 Å². The zero-order valence-corrected chi connectivity index (χ0v) is 16.3. The second-order valence-corrected chi connectivity index (χ2v) is 7.47. The highest BCUT2D eigenvalue weighted by Crippen LogP contribution is 2.10. The lowest BCUT2D eigenvalue weighted by atomic mass is 10.2. The second-order valence-electron chi connectivity index (χ2n) is 7.47. The van der Waals surface area contributed by atoms with Crippen molar-refractivity contribution in [1.29, 1.82) is 0 Å². The van der Waals surface area contributed by atoms with Crippen molar-refractivity contribution in [2.24, 2.45) is 0 Å². The number of nitrogens with one attached hydrogen (secondary N) is 1. The van der Waals surface area contributed by atoms with Crippen molar-refractivity contribution in [1.82, 2.24) is 19.5 Å². The number of aromatic nitrogens is 1. The summed E-state index contributed by atoms with van der Waals surface area (Å²) in [5, 5.41) is 3.05. The fraction of sp³-hybridized carbons (Fsp3) is 0.348. The van der Waals surface area contributed by atoms with Crippen molar-refractivity contribution in [3.63, 3.8) is 0 Å². The lowest BCUT2D eigenvalue weighted by molar-refractivity contribution is 0.0947. The Labute approximate surface area is 166 Å². The lowest BCUT2D eigenvalue weighted by Crippen LogP contribution is -2.46. The number of nitrogens with zero attached hydrogens (tertiary/aromatic N) is 3. The van der Waals surface area contributed by atoms with Gasteiger partial charge in [0.05, 0.1) is 5.56 Å². The average molecular weight is 377 g/mol. The standard InChI is InChI=1S/C23H28N4O/c28-23(21-17-22-9-4-5-12-27(22)19-21)24-10-6-11-25-13-15-26(16-14-25)18-20-7-2-1-3-8-20/h1-5,7-9,12,17,19H,6,10-11,13-16,18H2,(H,24,28). The average Bonchev–Trinajstić information content (AvgIpc) is 3.17. The third kappa shape index (κ3) is 4.80. The molecule has 5 nitrogen and oxygen atoms in total. The van der Waals surface area contributed by atoms with Crippen LogP contribution in [0.2, 0.25) is 0 Å². The van der Waals surface area contributed by atoms with Crippen LogP contribution in [0.15, 0.2) is 67.0 Å². The summed E-state index contributed by atoms with van der Waals surface area (Å²) >= 11 is 0. The topological polar surface area (TPSA) is 40.0 Å². The molecule has 1 aromatic carbocycles. The van der Waals surface area contributed by atoms with Gasteiger partial charge in [-0.1, -0.05) is 36.4 Å². The van der Waals surface area contributed by atoms with Crippen LogP contribution in [0.3, 0.4) is 0 Å². The Kier molecular flexibility index (Phi) is 6.04. The number of carbonyl (C=O) groups is 1. The van der Waals surface area contributed by atoms with Gasteiger partial charge in [0.1, 0.15) is 0 Å². The maximum Gasteiger partial charge on any atom is 0.252 e. The Hall–Kier alpha value is -2.63. The molecular weight excluding hydrogens is 348 g/mol. The first-order valence-corrected chi connectivity index (χ1v) is 10.1. The molecule has 1 aliphatic heterocycles. The van der Waals surface area contributed by atoms with E-state index < -0.39 is 0 Å². The third-order valence-corrected chi connectivity index (χ3v) is 5.42. The summed E-state index contributed by atoms with van der Waals surface area (Å²) in [5.74, 6) is 0.0105. The molecule has 3 aromatic rings. The molecule has 1 amide bonds. The van der Waals surface area contributed by atoms with Crippen molar-refractivity contribution in [3.8, 4) is 0 Å². The SMILES string of the molecule is O=C(NCCCN1CCN(Cc2ccccc2)CC1)c1cc2ccccn2c1. The fourth-order valence-corrected chi connectivity index (χ4v) is 3.80. The van der Waals surface area contributed by atoms with Gasteiger partial charge in [-0.3, -0.25) is 9.69 Å². The van der Waals surface area contributed by atoms with Crippen LogP contribution < -0.4 is 5.32 Å². The molecule has 146 valence electrons. The van der Waals surface area contributed by atoms with E-state index in [1.165, 1.54) is 5.56 Å². The number of carbonyl (C=O) groups excluding carboxylic acids is 1. The number of fused-ring (bicyclic) bond motifs is 1. The van der Waals surface area contributed by atoms with Crippen molar-refractivity contribution >= 4 is 11.4 Å². The highest BCUT2D eigenvalue weighted by Gasteiger charge is 2.16. The minimum atomic E-state index is 0.0105. The van der Waals surface area contributed by atoms with Crippen LogP contribution in [0.1, 0.15) is 22.3 Å². The summed E-state index contributed by atoms with van der Waals surface area (Å²) in [6.07, 6.45) is 4.83. The van der Waals surface area contributed by atoms with Gasteiger partial charge in [0.2, 0.25) is 0 Å². The summed E-state index contributed by atoms with van der Waals surface area (Å²) in [6.45, 7) is 7.22. The van der Waals surface area contributed by atoms with Gasteiger partial charge in [-0.15, -0.1) is 0 Å². The number of pyridine rings is 1. The maximum atomic E-state index is 12.3. The first-order chi connectivity index (χ1) is 13.8. The molecule has 3 heterocycles. The van der Waals surface area contributed by atoms with Crippen LogP contribution >= 0.6 is 0 Å². The monoisotopic (exact) mass is 376 g/mol. The van der Waals surface area contributed by atoms with Gasteiger partial charge in [0.25, 0.3) is 5.91 Å². The molecule has 4 rings (SSSR count). The van der Waals surface area contributed by atoms with E-state index >= 15 is 0 Å². The van der Waals surface area contributed by atoms with Crippen LogP contribution in [-0.4, -0.2) is 59.4 Å². The molecule has 0 atom stereocenters. The van der Waals surface area contributed by atoms with Crippen LogP contribution in [0.5, 0.6) is 0 Å². The Balaban J connectivity index is 1.14. The molecule has 0 saturated carbocycles. The Morgan fingerprint density at radius 2 is 1.68 bits per heavy atom. The van der Waals surface area contributed by atoms with E-state index in [0.717, 1.165) is 63.3 Å². The molecule has 0 bridgehead atoms. The van der Waals surface area contributed by atoms with Crippen molar-refractivity contribution in [3.05, 3.63) is 78.1 Å². The molecule has 0 unspecified atom stereocenters. The largest absolute Gasteiger partial charge is 0.352 e. The zero-order chi connectivity index (χ0) is 19.2. The minimum Gasteiger partial charge on any atom is -0.352 e. The van der Waals surface area contributed by atoms with Gasteiger partial charge < -0.3 is 14.6 Å². The van der Waals surface area contributed by atoms with E-state index in [2.05, 4.69) is 45.4 Å².